The van der Waals surface area contributed by atoms with E-state index in [1.54, 1.807) is 31.5 Å². The second kappa shape index (κ2) is 9.51. The number of aromatic amines is 1. The highest BCUT2D eigenvalue weighted by Crippen LogP contribution is 2.31. The first-order valence-corrected chi connectivity index (χ1v) is 10.6. The summed E-state index contributed by atoms with van der Waals surface area (Å²) in [5.74, 6) is 0.419. The molecule has 0 unspecified atom stereocenters. The number of nitrogens with one attached hydrogen (secondary N) is 2. The van der Waals surface area contributed by atoms with E-state index >= 15 is 0 Å². The van der Waals surface area contributed by atoms with Crippen molar-refractivity contribution in [3.8, 4) is 17.1 Å². The molecule has 0 spiro atoms. The number of anilines is 2. The first-order valence-electron chi connectivity index (χ1n) is 10.6. The molecule has 2 aromatic heterocycles. The van der Waals surface area contributed by atoms with Crippen molar-refractivity contribution in [2.45, 2.75) is 13.3 Å². The lowest BCUT2D eigenvalue weighted by Crippen LogP contribution is -2.48. The Kier molecular flexibility index (Phi) is 6.34. The Bertz CT molecular complexity index is 1090. The van der Waals surface area contributed by atoms with Crippen molar-refractivity contribution in [2.24, 2.45) is 0 Å². The topological polar surface area (TPSA) is 103 Å². The van der Waals surface area contributed by atoms with Crippen LogP contribution in [0.4, 0.5) is 11.4 Å². The van der Waals surface area contributed by atoms with Crippen molar-refractivity contribution in [1.82, 2.24) is 20.1 Å². The molecular weight excluding hydrogens is 408 g/mol. The molecule has 1 saturated heterocycles. The second-order valence-electron chi connectivity index (χ2n) is 7.44. The first-order chi connectivity index (χ1) is 15.6. The van der Waals surface area contributed by atoms with Crippen LogP contribution in [0.2, 0.25) is 0 Å². The summed E-state index contributed by atoms with van der Waals surface area (Å²) in [7, 11) is 1.57. The number of aromatic nitrogens is 3. The molecule has 1 aliphatic rings. The highest BCUT2D eigenvalue weighted by atomic mass is 16.5. The quantitative estimate of drug-likeness (QED) is 0.618. The summed E-state index contributed by atoms with van der Waals surface area (Å²) >= 11 is 0. The molecule has 3 aromatic rings. The Hall–Kier alpha value is -3.88. The van der Waals surface area contributed by atoms with Gasteiger partial charge < -0.3 is 19.9 Å². The van der Waals surface area contributed by atoms with Crippen LogP contribution in [0.25, 0.3) is 11.4 Å². The van der Waals surface area contributed by atoms with Crippen LogP contribution in [-0.2, 0) is 4.79 Å². The molecule has 4 rings (SSSR count). The lowest BCUT2D eigenvalue weighted by Gasteiger charge is -2.36. The minimum atomic E-state index is -0.330. The summed E-state index contributed by atoms with van der Waals surface area (Å²) in [4.78, 5) is 33.2. The fourth-order valence-corrected chi connectivity index (χ4v) is 3.71. The van der Waals surface area contributed by atoms with E-state index in [1.165, 1.54) is 0 Å². The van der Waals surface area contributed by atoms with Gasteiger partial charge in [-0.1, -0.05) is 13.0 Å². The number of hydrogen-bond donors (Lipinski definition) is 2. The number of carbonyl (C=O) groups is 2. The maximum atomic E-state index is 12.8. The van der Waals surface area contributed by atoms with Gasteiger partial charge in [-0.15, -0.1) is 0 Å². The summed E-state index contributed by atoms with van der Waals surface area (Å²) in [6.07, 6.45) is 2.17. The molecule has 2 N–H and O–H groups in total. The summed E-state index contributed by atoms with van der Waals surface area (Å²) in [5.41, 5.74) is 3.22. The predicted molar refractivity (Wildman–Crippen MR) is 122 cm³/mol. The number of amides is 2. The van der Waals surface area contributed by atoms with Crippen LogP contribution >= 0.6 is 0 Å². The number of hydrogen-bond acceptors (Lipinski definition) is 6. The molecule has 2 amide bonds. The third kappa shape index (κ3) is 4.56. The van der Waals surface area contributed by atoms with Crippen molar-refractivity contribution < 1.29 is 14.3 Å². The number of methoxy groups -OCH3 is 1. The zero-order valence-electron chi connectivity index (χ0n) is 18.2. The van der Waals surface area contributed by atoms with E-state index in [0.29, 0.717) is 42.3 Å². The van der Waals surface area contributed by atoms with Crippen LogP contribution in [-0.4, -0.2) is 65.2 Å². The maximum absolute atomic E-state index is 12.8. The first kappa shape index (κ1) is 21.4. The average molecular weight is 435 g/mol. The maximum Gasteiger partial charge on any atom is 0.274 e. The molecule has 0 saturated carbocycles. The molecular formula is C23H26N6O3. The summed E-state index contributed by atoms with van der Waals surface area (Å²) in [6, 6.07) is 12.7. The predicted octanol–water partition coefficient (Wildman–Crippen LogP) is 2.79. The van der Waals surface area contributed by atoms with Crippen molar-refractivity contribution >= 4 is 23.2 Å². The minimum absolute atomic E-state index is 0.186. The summed E-state index contributed by atoms with van der Waals surface area (Å²) in [5, 5.41) is 9.65. The summed E-state index contributed by atoms with van der Waals surface area (Å²) < 4.78 is 5.53. The van der Waals surface area contributed by atoms with Crippen molar-refractivity contribution in [2.75, 3.05) is 43.5 Å². The van der Waals surface area contributed by atoms with Gasteiger partial charge in [0.2, 0.25) is 5.91 Å². The van der Waals surface area contributed by atoms with Crippen LogP contribution in [0, 0.1) is 0 Å². The largest absolute Gasteiger partial charge is 0.494 e. The third-order valence-corrected chi connectivity index (χ3v) is 5.49. The number of ether oxygens (including phenoxy) is 1. The average Bonchev–Trinajstić information content (AvgIpc) is 3.39. The third-order valence-electron chi connectivity index (χ3n) is 5.49. The highest BCUT2D eigenvalue weighted by molar-refractivity contribution is 6.04. The molecule has 0 radical (unpaired) electrons. The number of carbonyl (C=O) groups excluding carboxylic acids is 2. The zero-order chi connectivity index (χ0) is 22.5. The van der Waals surface area contributed by atoms with Gasteiger partial charge >= 0.3 is 0 Å². The molecule has 1 aromatic carbocycles. The Balaban J connectivity index is 1.46. The van der Waals surface area contributed by atoms with E-state index in [-0.39, 0.29) is 11.8 Å². The van der Waals surface area contributed by atoms with Gasteiger partial charge in [0.1, 0.15) is 11.4 Å². The molecule has 0 atom stereocenters. The molecule has 1 aliphatic heterocycles. The molecule has 9 heteroatoms. The smallest absolute Gasteiger partial charge is 0.274 e. The molecule has 0 bridgehead atoms. The number of benzene rings is 1. The fourth-order valence-electron chi connectivity index (χ4n) is 3.71. The van der Waals surface area contributed by atoms with Crippen molar-refractivity contribution in [3.63, 3.8) is 0 Å². The standard InChI is InChI=1S/C23H26N6O3/c1-3-22(30)29-13-11-28(12-14-29)16-7-8-19(21(15-16)32-2)26-23(31)20-6-4-5-17(25-20)18-9-10-24-27-18/h4-10,15H,3,11-14H2,1-2H3,(H,24,27)(H,26,31). The second-order valence-corrected chi connectivity index (χ2v) is 7.44. The van der Waals surface area contributed by atoms with Crippen molar-refractivity contribution in [3.05, 3.63) is 54.4 Å². The Morgan fingerprint density at radius 3 is 2.62 bits per heavy atom. The molecule has 1 fully saturated rings. The van der Waals surface area contributed by atoms with Gasteiger partial charge in [0, 0.05) is 50.6 Å². The Morgan fingerprint density at radius 1 is 1.12 bits per heavy atom. The van der Waals surface area contributed by atoms with E-state index in [2.05, 4.69) is 25.4 Å². The Labute approximate surface area is 186 Å². The molecule has 9 nitrogen and oxygen atoms in total. The van der Waals surface area contributed by atoms with Crippen LogP contribution in [0.5, 0.6) is 5.75 Å². The van der Waals surface area contributed by atoms with Gasteiger partial charge in [0.05, 0.1) is 24.2 Å². The van der Waals surface area contributed by atoms with Gasteiger partial charge in [0.25, 0.3) is 5.91 Å². The van der Waals surface area contributed by atoms with E-state index < -0.39 is 0 Å². The van der Waals surface area contributed by atoms with Crippen LogP contribution in [0.15, 0.2) is 48.7 Å². The number of pyridine rings is 1. The summed E-state index contributed by atoms with van der Waals surface area (Å²) in [6.45, 7) is 4.79. The monoisotopic (exact) mass is 434 g/mol. The number of H-pyrrole nitrogens is 1. The van der Waals surface area contributed by atoms with E-state index in [4.69, 9.17) is 4.74 Å². The van der Waals surface area contributed by atoms with E-state index in [1.807, 2.05) is 36.1 Å². The fraction of sp³-hybridized carbons (Fsp3) is 0.304. The zero-order valence-corrected chi connectivity index (χ0v) is 18.2. The van der Waals surface area contributed by atoms with Crippen LogP contribution in [0.1, 0.15) is 23.8 Å². The Morgan fingerprint density at radius 2 is 1.94 bits per heavy atom. The van der Waals surface area contributed by atoms with Gasteiger partial charge in [0.15, 0.2) is 0 Å². The lowest BCUT2D eigenvalue weighted by molar-refractivity contribution is -0.131. The lowest BCUT2D eigenvalue weighted by atomic mass is 10.2. The number of rotatable bonds is 6. The highest BCUT2D eigenvalue weighted by Gasteiger charge is 2.21. The van der Waals surface area contributed by atoms with Gasteiger partial charge in [-0.2, -0.15) is 5.10 Å². The number of nitrogens with zero attached hydrogens (tertiary/aromatic N) is 4. The van der Waals surface area contributed by atoms with Gasteiger partial charge in [-0.05, 0) is 30.3 Å². The van der Waals surface area contributed by atoms with Crippen molar-refractivity contribution in [1.29, 1.82) is 0 Å². The number of piperazine rings is 1. The minimum Gasteiger partial charge on any atom is -0.494 e. The van der Waals surface area contributed by atoms with Crippen LogP contribution < -0.4 is 15.0 Å². The molecule has 0 aliphatic carbocycles. The van der Waals surface area contributed by atoms with E-state index in [9.17, 15) is 9.59 Å². The van der Waals surface area contributed by atoms with E-state index in [0.717, 1.165) is 24.5 Å². The molecule has 166 valence electrons. The van der Waals surface area contributed by atoms with Crippen LogP contribution in [0.3, 0.4) is 0 Å². The normalized spacial score (nSPS) is 13.7. The SMILES string of the molecule is CCC(=O)N1CCN(c2ccc(NC(=O)c3cccc(-c4ccn[nH]4)n3)c(OC)c2)CC1. The molecule has 32 heavy (non-hydrogen) atoms. The molecule has 3 heterocycles. The van der Waals surface area contributed by atoms with Gasteiger partial charge in [-0.3, -0.25) is 14.7 Å². The van der Waals surface area contributed by atoms with Gasteiger partial charge in [-0.25, -0.2) is 4.98 Å².